The molecule has 2 fully saturated rings. The summed E-state index contributed by atoms with van der Waals surface area (Å²) < 4.78 is 0. The Morgan fingerprint density at radius 2 is 0.925 bits per heavy atom. The lowest BCUT2D eigenvalue weighted by Crippen LogP contribution is -2.64. The van der Waals surface area contributed by atoms with Crippen LogP contribution in [0.15, 0.2) is 25.3 Å². The van der Waals surface area contributed by atoms with Crippen molar-refractivity contribution in [2.75, 3.05) is 26.3 Å². The van der Waals surface area contributed by atoms with Crippen molar-refractivity contribution in [2.24, 2.45) is 0 Å². The van der Waals surface area contributed by atoms with E-state index in [1.165, 1.54) is 0 Å². The maximum Gasteiger partial charge on any atom is 0.209 e. The molecule has 2 aliphatic heterocycles. The number of hydroxylamine groups is 4. The van der Waals surface area contributed by atoms with E-state index in [2.05, 4.69) is 78.7 Å². The second kappa shape index (κ2) is 14.4. The molecular weight excluding hydrogens is 504 g/mol. The van der Waals surface area contributed by atoms with Gasteiger partial charge in [-0.1, -0.05) is 25.0 Å². The van der Waals surface area contributed by atoms with Crippen LogP contribution in [0.25, 0.3) is 0 Å². The van der Waals surface area contributed by atoms with Crippen LogP contribution in [0.3, 0.4) is 0 Å². The van der Waals surface area contributed by atoms with Crippen molar-refractivity contribution in [3.8, 4) is 0 Å². The van der Waals surface area contributed by atoms with Gasteiger partial charge in [-0.25, -0.2) is 0 Å². The summed E-state index contributed by atoms with van der Waals surface area (Å²) >= 11 is 0. The third-order valence-electron chi connectivity index (χ3n) is 8.57. The predicted octanol–water partition coefficient (Wildman–Crippen LogP) is 5.74. The molecule has 0 aromatic carbocycles. The van der Waals surface area contributed by atoms with E-state index in [0.29, 0.717) is 13.2 Å². The van der Waals surface area contributed by atoms with Crippen LogP contribution in [0.4, 0.5) is 0 Å². The van der Waals surface area contributed by atoms with Gasteiger partial charge in [-0.15, -0.1) is 13.2 Å². The summed E-state index contributed by atoms with van der Waals surface area (Å²) in [7, 11) is 0. The van der Waals surface area contributed by atoms with E-state index in [1.807, 2.05) is 9.80 Å². The summed E-state index contributed by atoms with van der Waals surface area (Å²) in [6.07, 6.45) is 13.1. The highest BCUT2D eigenvalue weighted by atomic mass is 16.7. The Bertz CT molecular complexity index is 737. The zero-order chi connectivity index (χ0) is 30.2. The van der Waals surface area contributed by atoms with Crippen LogP contribution in [0.5, 0.6) is 0 Å². The number of rotatable bonds is 17. The van der Waals surface area contributed by atoms with Gasteiger partial charge in [-0.05, 0) is 93.9 Å². The lowest BCUT2D eigenvalue weighted by molar-refractivity contribution is -0.281. The molecule has 0 bridgehead atoms. The van der Waals surface area contributed by atoms with Crippen LogP contribution in [0, 0.1) is 0 Å². The fourth-order valence-electron chi connectivity index (χ4n) is 7.43. The van der Waals surface area contributed by atoms with E-state index in [9.17, 15) is 9.59 Å². The highest BCUT2D eigenvalue weighted by molar-refractivity contribution is 5.48. The molecule has 0 saturated carbocycles. The van der Waals surface area contributed by atoms with Gasteiger partial charge >= 0.3 is 0 Å². The first-order valence-electron chi connectivity index (χ1n) is 15.2. The van der Waals surface area contributed by atoms with E-state index in [1.54, 1.807) is 12.2 Å². The number of nitrogens with zero attached hydrogens (tertiary/aromatic N) is 4. The van der Waals surface area contributed by atoms with Crippen molar-refractivity contribution in [1.29, 1.82) is 0 Å². The minimum absolute atomic E-state index is 0.185. The van der Waals surface area contributed by atoms with Gasteiger partial charge in [0.15, 0.2) is 0 Å². The summed E-state index contributed by atoms with van der Waals surface area (Å²) in [6.45, 7) is 27.5. The summed E-state index contributed by atoms with van der Waals surface area (Å²) in [6, 6.07) is 0.370. The number of carbonyl (C=O) groups is 2. The molecular formula is C32H58N4O4. The Morgan fingerprint density at radius 1 is 0.625 bits per heavy atom. The first kappa shape index (κ1) is 34.5. The first-order valence-corrected chi connectivity index (χ1v) is 15.2. The largest absolute Gasteiger partial charge is 0.342 e. The maximum absolute atomic E-state index is 12.1. The van der Waals surface area contributed by atoms with Crippen LogP contribution in [0.1, 0.15) is 107 Å². The van der Waals surface area contributed by atoms with Gasteiger partial charge in [0.25, 0.3) is 0 Å². The molecule has 0 N–H and O–H groups in total. The number of carbonyl (C=O) groups excluding carboxylic acids is 2. The van der Waals surface area contributed by atoms with Crippen molar-refractivity contribution in [3.63, 3.8) is 0 Å². The first-order chi connectivity index (χ1) is 18.6. The molecule has 0 radical (unpaired) electrons. The molecule has 0 aromatic rings. The summed E-state index contributed by atoms with van der Waals surface area (Å²) in [4.78, 5) is 40.3. The molecule has 2 aliphatic rings. The minimum Gasteiger partial charge on any atom is -0.342 e. The highest BCUT2D eigenvalue weighted by Crippen LogP contribution is 2.41. The Kier molecular flexibility index (Phi) is 12.4. The topological polar surface area (TPSA) is 65.6 Å². The Hall–Kier alpha value is -1.74. The van der Waals surface area contributed by atoms with Crippen LogP contribution in [-0.4, -0.2) is 93.3 Å². The van der Waals surface area contributed by atoms with Gasteiger partial charge in [-0.3, -0.25) is 19.3 Å². The molecule has 8 heteroatoms. The minimum atomic E-state index is -0.188. The fourth-order valence-corrected chi connectivity index (χ4v) is 7.43. The van der Waals surface area contributed by atoms with Crippen molar-refractivity contribution in [2.45, 2.75) is 141 Å². The van der Waals surface area contributed by atoms with E-state index < -0.39 is 0 Å². The average molecular weight is 563 g/mol. The molecule has 0 unspecified atom stereocenters. The number of unbranched alkanes of at least 4 members (excludes halogenated alkanes) is 3. The normalized spacial score (nSPS) is 22.9. The van der Waals surface area contributed by atoms with Gasteiger partial charge in [0, 0.05) is 47.3 Å². The Labute approximate surface area is 244 Å². The summed E-state index contributed by atoms with van der Waals surface area (Å²) in [5.41, 5.74) is -0.754. The SMILES string of the molecule is C=CCON1C(C)(C)CC(N(C=O)CCCCCCN(C=O)C2CC(C)(C)N(OCC=C)C(C)(C)C2)CC1(C)C. The van der Waals surface area contributed by atoms with Gasteiger partial charge in [0.2, 0.25) is 12.8 Å². The quantitative estimate of drug-likeness (QED) is 0.128. The van der Waals surface area contributed by atoms with Gasteiger partial charge in [-0.2, -0.15) is 10.1 Å². The van der Waals surface area contributed by atoms with Gasteiger partial charge in [0.1, 0.15) is 0 Å². The average Bonchev–Trinajstić information content (AvgIpc) is 2.83. The Morgan fingerprint density at radius 3 is 1.18 bits per heavy atom. The second-order valence-electron chi connectivity index (χ2n) is 14.2. The Balaban J connectivity index is 1.83. The molecule has 0 spiro atoms. The summed E-state index contributed by atoms with van der Waals surface area (Å²) in [5.74, 6) is 0. The van der Waals surface area contributed by atoms with Gasteiger partial charge < -0.3 is 9.80 Å². The van der Waals surface area contributed by atoms with Gasteiger partial charge in [0.05, 0.1) is 13.2 Å². The van der Waals surface area contributed by atoms with Crippen LogP contribution in [0.2, 0.25) is 0 Å². The lowest BCUT2D eigenvalue weighted by Gasteiger charge is -2.55. The molecule has 0 aliphatic carbocycles. The molecule has 2 heterocycles. The molecule has 2 saturated heterocycles. The summed E-state index contributed by atoms with van der Waals surface area (Å²) in [5, 5.41) is 4.20. The molecule has 8 nitrogen and oxygen atoms in total. The molecule has 0 aromatic heterocycles. The predicted molar refractivity (Wildman–Crippen MR) is 162 cm³/mol. The maximum atomic E-state index is 12.1. The molecule has 2 rings (SSSR count). The lowest BCUT2D eigenvalue weighted by atomic mass is 9.78. The second-order valence-corrected chi connectivity index (χ2v) is 14.2. The monoisotopic (exact) mass is 562 g/mol. The number of hydrogen-bond donors (Lipinski definition) is 0. The van der Waals surface area contributed by atoms with Crippen LogP contribution >= 0.6 is 0 Å². The van der Waals surface area contributed by atoms with E-state index >= 15 is 0 Å². The molecule has 0 atom stereocenters. The number of hydrogen-bond acceptors (Lipinski definition) is 6. The van der Waals surface area contributed by atoms with E-state index in [-0.39, 0.29) is 34.2 Å². The van der Waals surface area contributed by atoms with Crippen LogP contribution < -0.4 is 0 Å². The van der Waals surface area contributed by atoms with E-state index in [4.69, 9.17) is 9.68 Å². The molecule has 230 valence electrons. The third-order valence-corrected chi connectivity index (χ3v) is 8.57. The molecule has 40 heavy (non-hydrogen) atoms. The zero-order valence-electron chi connectivity index (χ0n) is 26.8. The number of piperidine rings is 2. The van der Waals surface area contributed by atoms with Crippen molar-refractivity contribution < 1.29 is 19.3 Å². The third kappa shape index (κ3) is 8.88. The van der Waals surface area contributed by atoms with E-state index in [0.717, 1.165) is 77.3 Å². The van der Waals surface area contributed by atoms with Crippen molar-refractivity contribution >= 4 is 12.8 Å². The zero-order valence-corrected chi connectivity index (χ0v) is 26.8. The fraction of sp³-hybridized carbons (Fsp3) is 0.812. The molecule has 2 amide bonds. The standard InChI is InChI=1S/C32H58N4O4/c1-11-19-39-35-29(3,4)21-27(22-30(35,5)6)33(25-37)17-15-13-14-16-18-34(26-38)28-23-31(7,8)36(40-20-12-2)32(9,10)24-28/h11-12,25-28H,1-2,13-24H2,3-10H3. The van der Waals surface area contributed by atoms with Crippen molar-refractivity contribution in [3.05, 3.63) is 25.3 Å². The van der Waals surface area contributed by atoms with Crippen LogP contribution in [-0.2, 0) is 19.3 Å². The van der Waals surface area contributed by atoms with Crippen molar-refractivity contribution in [1.82, 2.24) is 19.9 Å². The highest BCUT2D eigenvalue weighted by Gasteiger charge is 2.49. The smallest absolute Gasteiger partial charge is 0.209 e. The number of amides is 2.